The molecule has 0 spiro atoms. The SMILES string of the molecule is [2H][C@](Nc1cc(Cl)c2ncc(C#N)c(NC(C)(C)C(C)C)c2c1)(C1=CN(C2CC2)NN1)c1ccccc1Cl. The van der Waals surface area contributed by atoms with E-state index < -0.39 is 6.02 Å². The number of benzene rings is 2. The summed E-state index contributed by atoms with van der Waals surface area (Å²) < 4.78 is 9.68. The standard InChI is InChI=1S/C28H31Cl2N7/c1-16(2)28(3,4)34-25-17(13-31)14-32-26-21(25)11-18(12-23(26)30)33-27(20-7-5-6-8-22(20)29)24-15-37(36-35-24)19-9-10-19/h5-8,11-12,14-16,19,27,33,35-36H,9-10H2,1-4H3,(H,32,34)/t27-/m1/s1/i27D. The van der Waals surface area contributed by atoms with Crippen molar-refractivity contribution in [3.05, 3.63) is 75.7 Å². The lowest BCUT2D eigenvalue weighted by molar-refractivity contribution is 0.260. The Kier molecular flexibility index (Phi) is 6.49. The highest BCUT2D eigenvalue weighted by molar-refractivity contribution is 6.36. The summed E-state index contributed by atoms with van der Waals surface area (Å²) in [4.78, 5) is 4.48. The van der Waals surface area contributed by atoms with E-state index in [0.717, 1.165) is 12.8 Å². The molecule has 1 aromatic heterocycles. The maximum atomic E-state index is 9.89. The van der Waals surface area contributed by atoms with Crippen molar-refractivity contribution < 1.29 is 1.37 Å². The molecule has 1 atom stereocenters. The van der Waals surface area contributed by atoms with Crippen LogP contribution in [-0.4, -0.2) is 21.6 Å². The quantitative estimate of drug-likeness (QED) is 0.253. The van der Waals surface area contributed by atoms with Crippen LogP contribution in [0.15, 0.2) is 54.5 Å². The highest BCUT2D eigenvalue weighted by atomic mass is 35.5. The summed E-state index contributed by atoms with van der Waals surface area (Å²) in [5.41, 5.74) is 9.45. The minimum atomic E-state index is -1.48. The molecule has 1 aliphatic carbocycles. The van der Waals surface area contributed by atoms with E-state index in [-0.39, 0.29) is 11.5 Å². The van der Waals surface area contributed by atoms with Crippen LogP contribution in [0.3, 0.4) is 0 Å². The van der Waals surface area contributed by atoms with Gasteiger partial charge in [-0.3, -0.25) is 9.99 Å². The highest BCUT2D eigenvalue weighted by Crippen LogP contribution is 2.39. The third-order valence-corrected chi connectivity index (χ3v) is 7.76. The molecule has 0 amide bonds. The van der Waals surface area contributed by atoms with Crippen LogP contribution in [0.5, 0.6) is 0 Å². The summed E-state index contributed by atoms with van der Waals surface area (Å²) in [6.07, 6.45) is 5.65. The first-order chi connectivity index (χ1) is 18.0. The Hall–Kier alpha value is -3.18. The van der Waals surface area contributed by atoms with Crippen molar-refractivity contribution in [2.24, 2.45) is 5.92 Å². The molecular formula is C28H31Cl2N7. The average Bonchev–Trinajstić information content (AvgIpc) is 3.60. The summed E-state index contributed by atoms with van der Waals surface area (Å²) in [5, 5.41) is 20.4. The molecule has 0 saturated heterocycles. The number of halogens is 2. The fraction of sp³-hybridized carbons (Fsp3) is 0.357. The molecule has 0 bridgehead atoms. The zero-order chi connectivity index (χ0) is 27.2. The van der Waals surface area contributed by atoms with Gasteiger partial charge in [0, 0.05) is 40.1 Å². The maximum absolute atomic E-state index is 9.89. The monoisotopic (exact) mass is 536 g/mol. The summed E-state index contributed by atoms with van der Waals surface area (Å²) >= 11 is 13.4. The van der Waals surface area contributed by atoms with Gasteiger partial charge in [0.25, 0.3) is 0 Å². The van der Waals surface area contributed by atoms with Crippen LogP contribution >= 0.6 is 23.2 Å². The lowest BCUT2D eigenvalue weighted by atomic mass is 9.90. The smallest absolute Gasteiger partial charge is 0.103 e. The first-order valence-corrected chi connectivity index (χ1v) is 13.1. The number of hydrazine groups is 2. The fourth-order valence-electron chi connectivity index (χ4n) is 4.11. The van der Waals surface area contributed by atoms with Crippen molar-refractivity contribution in [3.63, 3.8) is 0 Å². The van der Waals surface area contributed by atoms with Crippen LogP contribution in [0, 0.1) is 17.2 Å². The molecule has 7 nitrogen and oxygen atoms in total. The van der Waals surface area contributed by atoms with E-state index in [2.05, 4.69) is 60.3 Å². The van der Waals surface area contributed by atoms with Crippen molar-refractivity contribution in [3.8, 4) is 6.07 Å². The zero-order valence-corrected chi connectivity index (χ0v) is 22.8. The number of hydrogen-bond acceptors (Lipinski definition) is 7. The normalized spacial score (nSPS) is 17.6. The number of hydrogen-bond donors (Lipinski definition) is 4. The Labute approximate surface area is 229 Å². The number of aromatic nitrogens is 1. The molecule has 9 heteroatoms. The van der Waals surface area contributed by atoms with E-state index >= 15 is 0 Å². The molecule has 1 saturated carbocycles. The van der Waals surface area contributed by atoms with E-state index in [1.807, 2.05) is 35.5 Å². The topological polar surface area (TPSA) is 88.0 Å². The van der Waals surface area contributed by atoms with Gasteiger partial charge in [0.15, 0.2) is 0 Å². The van der Waals surface area contributed by atoms with Gasteiger partial charge in [0.05, 0.1) is 34.9 Å². The second-order valence-electron chi connectivity index (χ2n) is 10.4. The van der Waals surface area contributed by atoms with Crippen molar-refractivity contribution in [2.75, 3.05) is 10.6 Å². The second kappa shape index (κ2) is 9.94. The maximum Gasteiger partial charge on any atom is 0.103 e. The highest BCUT2D eigenvalue weighted by Gasteiger charge is 2.33. The zero-order valence-electron chi connectivity index (χ0n) is 22.3. The van der Waals surface area contributed by atoms with Crippen LogP contribution in [0.1, 0.15) is 59.1 Å². The molecule has 37 heavy (non-hydrogen) atoms. The van der Waals surface area contributed by atoms with Crippen molar-refractivity contribution >= 4 is 45.5 Å². The summed E-state index contributed by atoms with van der Waals surface area (Å²) in [5.74, 6) is 0.289. The molecule has 2 heterocycles. The second-order valence-corrected chi connectivity index (χ2v) is 11.2. The van der Waals surface area contributed by atoms with Gasteiger partial charge in [-0.1, -0.05) is 55.2 Å². The number of anilines is 2. The Morgan fingerprint density at radius 1 is 1.22 bits per heavy atom. The Balaban J connectivity index is 1.64. The largest absolute Gasteiger partial charge is 0.378 e. The minimum Gasteiger partial charge on any atom is -0.378 e. The fourth-order valence-corrected chi connectivity index (χ4v) is 4.61. The van der Waals surface area contributed by atoms with E-state index in [0.29, 0.717) is 55.2 Å². The minimum absolute atomic E-state index is 0.289. The van der Waals surface area contributed by atoms with Crippen molar-refractivity contribution in [2.45, 2.75) is 58.1 Å². The average molecular weight is 538 g/mol. The van der Waals surface area contributed by atoms with Gasteiger partial charge in [-0.2, -0.15) is 5.26 Å². The molecule has 5 rings (SSSR count). The number of nitriles is 1. The number of fused-ring (bicyclic) bond motifs is 1. The van der Waals surface area contributed by atoms with Gasteiger partial charge < -0.3 is 16.1 Å². The van der Waals surface area contributed by atoms with Gasteiger partial charge in [-0.25, -0.2) is 0 Å². The molecule has 2 aliphatic rings. The van der Waals surface area contributed by atoms with E-state index in [1.54, 1.807) is 18.3 Å². The van der Waals surface area contributed by atoms with Crippen molar-refractivity contribution in [1.82, 2.24) is 21.0 Å². The molecule has 1 fully saturated rings. The molecular weight excluding hydrogens is 505 g/mol. The lowest BCUT2D eigenvalue weighted by Crippen LogP contribution is -2.38. The van der Waals surface area contributed by atoms with Gasteiger partial charge in [-0.05, 0) is 56.4 Å². The van der Waals surface area contributed by atoms with Crippen LogP contribution in [0.2, 0.25) is 10.0 Å². The number of nitrogens with zero attached hydrogens (tertiary/aromatic N) is 3. The first kappa shape index (κ1) is 24.2. The molecule has 0 radical (unpaired) electrons. The molecule has 3 aromatic rings. The Morgan fingerprint density at radius 3 is 2.65 bits per heavy atom. The van der Waals surface area contributed by atoms with E-state index in [9.17, 15) is 6.63 Å². The number of pyridine rings is 1. The van der Waals surface area contributed by atoms with Crippen LogP contribution in [0.4, 0.5) is 11.4 Å². The summed E-state index contributed by atoms with van der Waals surface area (Å²) in [6.45, 7) is 8.44. The first-order valence-electron chi connectivity index (χ1n) is 12.9. The van der Waals surface area contributed by atoms with E-state index in [4.69, 9.17) is 23.2 Å². The molecule has 192 valence electrons. The predicted molar refractivity (Wildman–Crippen MR) is 151 cm³/mol. The third-order valence-electron chi connectivity index (χ3n) is 7.15. The van der Waals surface area contributed by atoms with Gasteiger partial charge >= 0.3 is 0 Å². The summed E-state index contributed by atoms with van der Waals surface area (Å²) in [6, 6.07) is 12.1. The Bertz CT molecular complexity index is 1460. The predicted octanol–water partition coefficient (Wildman–Crippen LogP) is 6.74. The number of rotatable bonds is 8. The van der Waals surface area contributed by atoms with Crippen molar-refractivity contribution in [1.29, 1.82) is 5.26 Å². The molecule has 4 N–H and O–H groups in total. The van der Waals surface area contributed by atoms with Crippen LogP contribution < -0.4 is 21.6 Å². The summed E-state index contributed by atoms with van der Waals surface area (Å²) in [7, 11) is 0. The van der Waals surface area contributed by atoms with E-state index in [1.165, 1.54) is 0 Å². The molecule has 2 aromatic carbocycles. The van der Waals surface area contributed by atoms with Crippen LogP contribution in [-0.2, 0) is 0 Å². The third kappa shape index (κ3) is 5.15. The van der Waals surface area contributed by atoms with Crippen LogP contribution in [0.25, 0.3) is 10.9 Å². The van der Waals surface area contributed by atoms with Gasteiger partial charge in [-0.15, -0.1) is 5.53 Å². The number of nitrogens with one attached hydrogen (secondary N) is 4. The lowest BCUT2D eigenvalue weighted by Gasteiger charge is -2.33. The van der Waals surface area contributed by atoms with Gasteiger partial charge in [0.2, 0.25) is 0 Å². The van der Waals surface area contributed by atoms with Gasteiger partial charge in [0.1, 0.15) is 6.07 Å². The Morgan fingerprint density at radius 2 is 1.97 bits per heavy atom. The molecule has 1 aliphatic heterocycles. The molecule has 0 unspecified atom stereocenters.